The summed E-state index contributed by atoms with van der Waals surface area (Å²) in [4.78, 5) is 72.9. The van der Waals surface area contributed by atoms with Crippen LogP contribution >= 0.6 is 0 Å². The van der Waals surface area contributed by atoms with E-state index < -0.39 is 35.3 Å². The molecule has 5 heterocycles. The number of rotatable bonds is 11. The van der Waals surface area contributed by atoms with Crippen LogP contribution in [0.25, 0.3) is 44.6 Å². The van der Waals surface area contributed by atoms with E-state index in [1.807, 2.05) is 63.9 Å². The number of nitrogens with zero attached hydrogens (tertiary/aromatic N) is 4. The Bertz CT molecular complexity index is 2580. The molecule has 0 radical (unpaired) electrons. The van der Waals surface area contributed by atoms with Gasteiger partial charge in [-0.2, -0.15) is 0 Å². The van der Waals surface area contributed by atoms with Crippen molar-refractivity contribution in [2.45, 2.75) is 96.3 Å². The molecule has 2 saturated heterocycles. The molecule has 0 spiro atoms. The number of likely N-dealkylation sites (tertiary alicyclic amines) is 2. The van der Waals surface area contributed by atoms with Crippen molar-refractivity contribution in [1.29, 1.82) is 0 Å². The summed E-state index contributed by atoms with van der Waals surface area (Å²) in [6.45, 7) is 10.6. The van der Waals surface area contributed by atoms with E-state index in [-0.39, 0.29) is 23.7 Å². The summed E-state index contributed by atoms with van der Waals surface area (Å²) in [6.07, 6.45) is 15.0. The molecular formula is C48H56N8O7. The first-order valence-electron chi connectivity index (χ1n) is 21.8. The molecule has 330 valence electrons. The Kier molecular flexibility index (Phi) is 11.6. The number of amides is 4. The third-order valence-corrected chi connectivity index (χ3v) is 13.4. The number of imidazole rings is 2. The zero-order valence-corrected chi connectivity index (χ0v) is 37.0. The maximum Gasteiger partial charge on any atom is 0.407 e. The van der Waals surface area contributed by atoms with Crippen LogP contribution in [-0.4, -0.2) is 93.1 Å². The lowest BCUT2D eigenvalue weighted by atomic mass is 9.85. The molecule has 4 amide bonds. The summed E-state index contributed by atoms with van der Waals surface area (Å²) in [6, 6.07) is 10.8. The first kappa shape index (κ1) is 43.1. The van der Waals surface area contributed by atoms with Crippen molar-refractivity contribution < 1.29 is 33.1 Å². The van der Waals surface area contributed by atoms with Gasteiger partial charge in [0.2, 0.25) is 11.8 Å². The van der Waals surface area contributed by atoms with Crippen LogP contribution in [0, 0.1) is 37.0 Å². The Morgan fingerprint density at radius 3 is 2.06 bits per heavy atom. The molecule has 0 unspecified atom stereocenters. The van der Waals surface area contributed by atoms with E-state index >= 15 is 0 Å². The third-order valence-electron chi connectivity index (χ3n) is 13.4. The summed E-state index contributed by atoms with van der Waals surface area (Å²) in [5.74, 6) is 3.76. The van der Waals surface area contributed by atoms with Crippen LogP contribution in [0.2, 0.25) is 0 Å². The number of benzene rings is 2. The molecular weight excluding hydrogens is 801 g/mol. The van der Waals surface area contributed by atoms with Gasteiger partial charge in [0, 0.05) is 24.0 Å². The van der Waals surface area contributed by atoms with Crippen molar-refractivity contribution in [3.63, 3.8) is 0 Å². The molecule has 8 rings (SSSR count). The number of fused-ring (bicyclic) bond motifs is 3. The molecule has 5 aromatic rings. The van der Waals surface area contributed by atoms with Gasteiger partial charge in [-0.3, -0.25) is 9.59 Å². The normalized spacial score (nSPS) is 21.7. The van der Waals surface area contributed by atoms with Gasteiger partial charge in [0.25, 0.3) is 0 Å². The molecule has 2 bridgehead atoms. The number of H-pyrrole nitrogens is 2. The van der Waals surface area contributed by atoms with Gasteiger partial charge in [-0.1, -0.05) is 63.9 Å². The van der Waals surface area contributed by atoms with E-state index in [0.717, 1.165) is 88.1 Å². The van der Waals surface area contributed by atoms with E-state index in [2.05, 4.69) is 44.7 Å². The number of nitrogens with one attached hydrogen (secondary N) is 4. The minimum absolute atomic E-state index is 0.131. The molecule has 2 aromatic carbocycles. The van der Waals surface area contributed by atoms with E-state index in [4.69, 9.17) is 30.3 Å². The maximum atomic E-state index is 14.1. The second-order valence-electron chi connectivity index (χ2n) is 17.9. The third kappa shape index (κ3) is 7.48. The fourth-order valence-electron chi connectivity index (χ4n) is 10.0. The van der Waals surface area contributed by atoms with E-state index in [0.29, 0.717) is 31.3 Å². The van der Waals surface area contributed by atoms with Gasteiger partial charge >= 0.3 is 12.2 Å². The Morgan fingerprint density at radius 1 is 0.825 bits per heavy atom. The predicted octanol–water partition coefficient (Wildman–Crippen LogP) is 7.63. The number of carbonyl (C=O) groups excluding carboxylic acids is 4. The van der Waals surface area contributed by atoms with Crippen molar-refractivity contribution in [3.8, 4) is 46.0 Å². The van der Waals surface area contributed by atoms with Gasteiger partial charge in [0.1, 0.15) is 34.9 Å². The van der Waals surface area contributed by atoms with Crippen LogP contribution in [-0.2, 0) is 30.1 Å². The second-order valence-corrected chi connectivity index (χ2v) is 17.9. The summed E-state index contributed by atoms with van der Waals surface area (Å²) in [5.41, 5.74) is 5.26. The van der Waals surface area contributed by atoms with Crippen LogP contribution in [0.1, 0.15) is 83.4 Å². The monoisotopic (exact) mass is 856 g/mol. The van der Waals surface area contributed by atoms with Crippen LogP contribution in [0.3, 0.4) is 0 Å². The van der Waals surface area contributed by atoms with Crippen LogP contribution < -0.4 is 10.6 Å². The number of carbonyl (C=O) groups is 4. The average molecular weight is 857 g/mol. The summed E-state index contributed by atoms with van der Waals surface area (Å²) < 4.78 is 15.9. The Labute approximate surface area is 367 Å². The SMILES string of the molecule is C#C[C@]1(c2ncc(-c3ccc(-c4ccc(-c5cnc([C@@]67CC[C@@H](CN6C(=O)[C@@H](NC(=O)OC)C(C)C)C7)[nH]5)c5occ(C)c45)cc3)[nH]2)CCCCN1C(=O)[C@@H](NC(=O)OC)C(C)C. The lowest BCUT2D eigenvalue weighted by Crippen LogP contribution is -2.59. The van der Waals surface area contributed by atoms with Crippen LogP contribution in [0.4, 0.5) is 9.59 Å². The number of ether oxygens (including phenoxy) is 2. The van der Waals surface area contributed by atoms with Crippen LogP contribution in [0.5, 0.6) is 0 Å². The largest absolute Gasteiger partial charge is 0.463 e. The molecule has 15 heteroatoms. The van der Waals surface area contributed by atoms with Gasteiger partial charge in [0.15, 0.2) is 5.54 Å². The number of hydrogen-bond acceptors (Lipinski definition) is 9. The molecule has 63 heavy (non-hydrogen) atoms. The molecule has 3 aliphatic rings. The topological polar surface area (TPSA) is 188 Å². The predicted molar refractivity (Wildman–Crippen MR) is 237 cm³/mol. The zero-order chi connectivity index (χ0) is 44.8. The van der Waals surface area contributed by atoms with Gasteiger partial charge in [-0.05, 0) is 91.5 Å². The minimum Gasteiger partial charge on any atom is -0.463 e. The van der Waals surface area contributed by atoms with Gasteiger partial charge < -0.3 is 44.3 Å². The summed E-state index contributed by atoms with van der Waals surface area (Å²) in [5, 5.41) is 6.43. The van der Waals surface area contributed by atoms with Crippen molar-refractivity contribution in [3.05, 3.63) is 72.3 Å². The number of furan rings is 1. The quantitative estimate of drug-likeness (QED) is 0.0969. The number of hydrogen-bond donors (Lipinski definition) is 4. The number of aromatic amines is 2. The van der Waals surface area contributed by atoms with Gasteiger partial charge in [-0.25, -0.2) is 19.6 Å². The van der Waals surface area contributed by atoms with Crippen molar-refractivity contribution in [1.82, 2.24) is 40.4 Å². The minimum atomic E-state index is -1.12. The molecule has 3 aromatic heterocycles. The molecule has 3 fully saturated rings. The zero-order valence-electron chi connectivity index (χ0n) is 37.0. The number of alkyl carbamates (subject to hydrolysis) is 2. The Morgan fingerprint density at radius 2 is 1.43 bits per heavy atom. The fraction of sp³-hybridized carbons (Fsp3) is 0.458. The average Bonchev–Trinajstić information content (AvgIpc) is 4.16. The molecule has 15 nitrogen and oxygen atoms in total. The summed E-state index contributed by atoms with van der Waals surface area (Å²) in [7, 11) is 2.57. The maximum absolute atomic E-state index is 14.1. The molecule has 1 saturated carbocycles. The van der Waals surface area contributed by atoms with E-state index in [1.54, 1.807) is 17.4 Å². The number of methoxy groups -OCH3 is 2. The lowest BCUT2D eigenvalue weighted by molar-refractivity contribution is -0.142. The van der Waals surface area contributed by atoms with E-state index in [1.165, 1.54) is 14.2 Å². The Hall–Kier alpha value is -6.56. The van der Waals surface area contributed by atoms with Gasteiger partial charge in [0.05, 0.1) is 44.3 Å². The standard InChI is InChI=1S/C48H56N8O7/c1-9-47(19-10-11-21-55(47)41(57)38(27(2)3)53-45(59)61-7)43-49-23-35(51-43)32-14-12-31(13-15-32)33-16-17-34(40-37(33)29(6)26-63-40)36-24-50-44(52-36)48-20-18-30(22-48)25-56(48)42(58)39(28(4)5)54-46(60)62-8/h1,12-17,23-24,26-28,30,38-39H,10-11,18-22,25H2,2-8H3,(H,49,51)(H,50,52)(H,53,59)(H,54,60)/t30-,38+,39+,47-,48+/m1/s1. The van der Waals surface area contributed by atoms with Crippen molar-refractivity contribution in [2.24, 2.45) is 17.8 Å². The number of aryl methyl sites for hydroxylation is 1. The highest BCUT2D eigenvalue weighted by atomic mass is 16.5. The molecule has 5 atom stereocenters. The smallest absolute Gasteiger partial charge is 0.407 e. The van der Waals surface area contributed by atoms with E-state index in [9.17, 15) is 19.2 Å². The molecule has 4 N–H and O–H groups in total. The highest BCUT2D eigenvalue weighted by Gasteiger charge is 2.56. The number of aromatic nitrogens is 4. The second kappa shape index (κ2) is 17.0. The highest BCUT2D eigenvalue weighted by Crippen LogP contribution is 2.53. The first-order chi connectivity index (χ1) is 30.2. The van der Waals surface area contributed by atoms with Gasteiger partial charge in [-0.15, -0.1) is 6.42 Å². The van der Waals surface area contributed by atoms with Crippen LogP contribution in [0.15, 0.2) is 59.5 Å². The fourth-order valence-corrected chi connectivity index (χ4v) is 10.0. The number of terminal acetylenes is 1. The Balaban J connectivity index is 1.05. The highest BCUT2D eigenvalue weighted by molar-refractivity contribution is 6.03. The van der Waals surface area contributed by atoms with Crippen molar-refractivity contribution in [2.75, 3.05) is 27.3 Å². The van der Waals surface area contributed by atoms with Crippen molar-refractivity contribution >= 4 is 35.0 Å². The molecule has 2 aliphatic heterocycles. The number of piperidine rings is 2. The first-order valence-corrected chi connectivity index (χ1v) is 21.8. The molecule has 1 aliphatic carbocycles. The lowest BCUT2D eigenvalue weighted by Gasteiger charge is -2.44. The summed E-state index contributed by atoms with van der Waals surface area (Å²) >= 11 is 0.